The summed E-state index contributed by atoms with van der Waals surface area (Å²) in [7, 11) is 0. The zero-order valence-corrected chi connectivity index (χ0v) is 3.76. The number of rotatable bonds is 0. The van der Waals surface area contributed by atoms with Gasteiger partial charge in [-0.2, -0.15) is 0 Å². The average Bonchev–Trinajstić information content (AvgIpc) is 0.811. The monoisotopic (exact) mass is 215 g/mol. The number of hydrogen-bond acceptors (Lipinski definition) is 0. The van der Waals surface area contributed by atoms with E-state index in [0.717, 1.165) is 0 Å². The van der Waals surface area contributed by atoms with Crippen LogP contribution in [0.25, 0.3) is 0 Å². The van der Waals surface area contributed by atoms with Crippen molar-refractivity contribution in [1.82, 2.24) is 0 Å². The van der Waals surface area contributed by atoms with Crippen LogP contribution in [0, 0.1) is 36.3 Å². The second kappa shape index (κ2) is 2.36. The van der Waals surface area contributed by atoms with E-state index in [1.165, 1.54) is 0 Å². The van der Waals surface area contributed by atoms with Gasteiger partial charge in [-0.05, 0) is 0 Å². The van der Waals surface area contributed by atoms with E-state index in [4.69, 9.17) is 0 Å². The van der Waals surface area contributed by atoms with Crippen molar-refractivity contribution >= 4 is 0 Å². The fourth-order valence-corrected chi connectivity index (χ4v) is 0. The fraction of sp³-hybridized carbons (Fsp3) is 0. The van der Waals surface area contributed by atoms with E-state index in [1.807, 2.05) is 0 Å². The van der Waals surface area contributed by atoms with Gasteiger partial charge in [-0.1, -0.05) is 0 Å². The maximum atomic E-state index is 9.84. The van der Waals surface area contributed by atoms with E-state index in [2.05, 4.69) is 0 Å². The summed E-state index contributed by atoms with van der Waals surface area (Å²) in [6.07, 6.45) is 0. The Morgan fingerprint density at radius 2 is 1.00 bits per heavy atom. The predicted octanol–water partition coefficient (Wildman–Crippen LogP) is 1.26. The zero-order chi connectivity index (χ0) is 3.58. The van der Waals surface area contributed by atoms with Crippen LogP contribution in [-0.2, 0) is 0 Å². The molecule has 0 fully saturated rings. The van der Waals surface area contributed by atoms with E-state index < -0.39 is 36.3 Å². The second-order valence-corrected chi connectivity index (χ2v) is 1.12. The molecule has 0 amide bonds. The summed E-state index contributed by atoms with van der Waals surface area (Å²) in [5.41, 5.74) is 0. The van der Waals surface area contributed by atoms with E-state index in [-0.39, 0.29) is 0 Å². The van der Waals surface area contributed by atoms with Crippen LogP contribution in [0.2, 0.25) is 0 Å². The molecule has 0 nitrogen and oxygen atoms in total. The Balaban J connectivity index is 2.32. The van der Waals surface area contributed by atoms with Gasteiger partial charge in [0.15, 0.2) is 0 Å². The zero-order valence-electron chi connectivity index (χ0n) is 1.49. The second-order valence-electron chi connectivity index (χ2n) is 0.152. The summed E-state index contributed by atoms with van der Waals surface area (Å²) in [6.45, 7) is 0. The van der Waals surface area contributed by atoms with Crippen LogP contribution in [0.4, 0.5) is 3.35 Å². The molecule has 0 saturated carbocycles. The van der Waals surface area contributed by atoms with Crippen molar-refractivity contribution in [1.29, 1.82) is 0 Å². The van der Waals surface area contributed by atoms with Gasteiger partial charge in [0.2, 0.25) is 0 Å². The molecule has 0 saturated heterocycles. The molecule has 0 aliphatic heterocycles. The Kier molecular flexibility index (Phi) is 3.01. The molecular weight excluding hydrogens is 214 g/mol. The topological polar surface area (TPSA) is 0 Å². The molecule has 0 aliphatic rings. The predicted molar refractivity (Wildman–Crippen MR) is 3.32 cm³/mol. The van der Waals surface area contributed by atoms with Crippen molar-refractivity contribution in [3.05, 3.63) is 0 Å². The quantitative estimate of drug-likeness (QED) is 0.569. The van der Waals surface area contributed by atoms with Crippen molar-refractivity contribution in [2.75, 3.05) is 0 Å². The molecule has 0 spiro atoms. The van der Waals surface area contributed by atoms with Gasteiger partial charge in [0.05, 0.1) is 0 Å². The molecule has 0 aromatic rings. The van der Waals surface area contributed by atoms with Crippen LogP contribution in [-0.4, -0.2) is 0 Å². The van der Waals surface area contributed by atoms with E-state index in [9.17, 15) is 3.35 Å². The van der Waals surface area contributed by atoms with Crippen LogP contribution >= 0.6 is 0 Å². The van der Waals surface area contributed by atoms with E-state index in [1.54, 1.807) is 0 Å². The fourth-order valence-electron chi connectivity index (χ4n) is 0. The standard InChI is InChI=1S/3FH.Gd/h3*1H;/q;;;+3/p-3. The summed E-state index contributed by atoms with van der Waals surface area (Å²) in [6, 6.07) is 0. The van der Waals surface area contributed by atoms with Crippen LogP contribution in [0.3, 0.4) is 0 Å². The summed E-state index contributed by atoms with van der Waals surface area (Å²) in [4.78, 5) is 0. The van der Waals surface area contributed by atoms with Crippen molar-refractivity contribution in [2.45, 2.75) is 0 Å². The SMILES string of the molecule is [F][Gd]([F])[F]. The maximum absolute atomic E-state index is 9.84. The normalized spacial score (nSPS) is 11.2. The third-order valence-corrected chi connectivity index (χ3v) is 0. The first-order valence-electron chi connectivity index (χ1n) is 0.401. The molecule has 29 valence electrons. The number of hydrogen-bond donors (Lipinski definition) is 0. The summed E-state index contributed by atoms with van der Waals surface area (Å²) >= 11 is -4.90. The molecule has 0 aromatic carbocycles. The minimum atomic E-state index is -4.90. The van der Waals surface area contributed by atoms with Crippen LogP contribution < -0.4 is 0 Å². The first-order valence-corrected chi connectivity index (χ1v) is 2.97. The minimum absolute atomic E-state index is 4.90. The van der Waals surface area contributed by atoms with Crippen molar-refractivity contribution in [3.63, 3.8) is 0 Å². The molecule has 0 atom stereocenters. The Bertz CT molecular complexity index is 8.00. The summed E-state index contributed by atoms with van der Waals surface area (Å²) in [5.74, 6) is 0. The summed E-state index contributed by atoms with van der Waals surface area (Å²) < 4.78 is 29.5. The van der Waals surface area contributed by atoms with Gasteiger partial charge in [0, 0.05) is 0 Å². The molecule has 0 N–H and O–H groups in total. The Morgan fingerprint density at radius 3 is 1.00 bits per heavy atom. The van der Waals surface area contributed by atoms with Gasteiger partial charge in [-0.25, -0.2) is 0 Å². The van der Waals surface area contributed by atoms with Crippen molar-refractivity contribution in [3.8, 4) is 0 Å². The molecule has 0 heterocycles. The van der Waals surface area contributed by atoms with Gasteiger partial charge in [-0.15, -0.1) is 0 Å². The Hall–Kier alpha value is 1.11. The molecule has 0 unspecified atom stereocenters. The Labute approximate surface area is 39.3 Å². The van der Waals surface area contributed by atoms with Gasteiger partial charge in [0.1, 0.15) is 0 Å². The van der Waals surface area contributed by atoms with Crippen LogP contribution in [0.1, 0.15) is 0 Å². The van der Waals surface area contributed by atoms with Gasteiger partial charge < -0.3 is 0 Å². The van der Waals surface area contributed by atoms with E-state index in [0.29, 0.717) is 0 Å². The van der Waals surface area contributed by atoms with Gasteiger partial charge >= 0.3 is 39.6 Å². The van der Waals surface area contributed by atoms with Gasteiger partial charge in [-0.3, -0.25) is 0 Å². The van der Waals surface area contributed by atoms with Crippen LogP contribution in [0.5, 0.6) is 0 Å². The third kappa shape index (κ3) is 11.2. The van der Waals surface area contributed by atoms with Crippen LogP contribution in [0.15, 0.2) is 0 Å². The first-order chi connectivity index (χ1) is 1.73. The third-order valence-electron chi connectivity index (χ3n) is 0. The molecule has 0 bridgehead atoms. The first kappa shape index (κ1) is 5.11. The molecule has 0 rings (SSSR count). The van der Waals surface area contributed by atoms with Gasteiger partial charge in [0.25, 0.3) is 0 Å². The van der Waals surface area contributed by atoms with E-state index >= 15 is 0 Å². The summed E-state index contributed by atoms with van der Waals surface area (Å²) in [5, 5.41) is 0. The molecule has 0 aliphatic carbocycles. The molecular formula is F3Gd. The number of halogens is 3. The molecule has 4 heteroatoms. The molecule has 0 radical (unpaired) electrons. The molecule has 0 aromatic heterocycles. The van der Waals surface area contributed by atoms with Crippen molar-refractivity contribution < 1.29 is 39.6 Å². The average molecular weight is 214 g/mol. The van der Waals surface area contributed by atoms with Crippen molar-refractivity contribution in [2.24, 2.45) is 0 Å². The Morgan fingerprint density at radius 1 is 1.00 bits per heavy atom. The molecule has 4 heavy (non-hydrogen) atoms.